The van der Waals surface area contributed by atoms with Crippen molar-refractivity contribution in [2.24, 2.45) is 0 Å². The number of nitrogens with zero attached hydrogens (tertiary/aromatic N) is 1. The lowest BCUT2D eigenvalue weighted by Crippen LogP contribution is -2.26. The number of benzene rings is 1. The zero-order valence-corrected chi connectivity index (χ0v) is 13.4. The monoisotopic (exact) mass is 329 g/mol. The van der Waals surface area contributed by atoms with Gasteiger partial charge in [0.05, 0.1) is 11.1 Å². The molecule has 6 heteroatoms. The molecule has 0 saturated heterocycles. The van der Waals surface area contributed by atoms with Crippen molar-refractivity contribution in [3.05, 3.63) is 58.4 Å². The first-order valence-corrected chi connectivity index (χ1v) is 7.75. The van der Waals surface area contributed by atoms with Crippen LogP contribution in [0.2, 0.25) is 5.02 Å². The Hall–Kier alpha value is -2.40. The van der Waals surface area contributed by atoms with Gasteiger partial charge in [0.15, 0.2) is 0 Å². The second-order valence-corrected chi connectivity index (χ2v) is 5.98. The highest BCUT2D eigenvalue weighted by molar-refractivity contribution is 6.31. The molecule has 1 aliphatic rings. The largest absolute Gasteiger partial charge is 0.349 e. The Morgan fingerprint density at radius 1 is 1.17 bits per heavy atom. The molecule has 1 heterocycles. The standard InChI is InChI=1S/C17H16ClN3O2/c1-10-14(18)3-2-4-15(10)21-17(23)12-7-11(8-19-9-12)16(22)20-13-5-6-13/h2-4,7-9,13H,5-6H2,1H3,(H,20,22)(H,21,23). The van der Waals surface area contributed by atoms with Crippen molar-refractivity contribution in [3.8, 4) is 0 Å². The van der Waals surface area contributed by atoms with Crippen LogP contribution in [0.4, 0.5) is 5.69 Å². The van der Waals surface area contributed by atoms with Crippen LogP contribution in [0.15, 0.2) is 36.7 Å². The van der Waals surface area contributed by atoms with Crippen LogP contribution < -0.4 is 10.6 Å². The first-order chi connectivity index (χ1) is 11.0. The Kier molecular flexibility index (Phi) is 4.30. The molecule has 3 rings (SSSR count). The van der Waals surface area contributed by atoms with Crippen LogP contribution >= 0.6 is 11.6 Å². The van der Waals surface area contributed by atoms with E-state index in [0.717, 1.165) is 18.4 Å². The molecule has 2 aromatic rings. The molecule has 1 saturated carbocycles. The molecule has 5 nitrogen and oxygen atoms in total. The van der Waals surface area contributed by atoms with Crippen molar-refractivity contribution >= 4 is 29.1 Å². The van der Waals surface area contributed by atoms with E-state index in [2.05, 4.69) is 15.6 Å². The third-order valence-electron chi connectivity index (χ3n) is 3.69. The van der Waals surface area contributed by atoms with Crippen molar-refractivity contribution in [3.63, 3.8) is 0 Å². The number of amides is 2. The number of hydrogen-bond acceptors (Lipinski definition) is 3. The molecular weight excluding hydrogens is 314 g/mol. The van der Waals surface area contributed by atoms with E-state index in [4.69, 9.17) is 11.6 Å². The van der Waals surface area contributed by atoms with E-state index in [0.29, 0.717) is 21.8 Å². The van der Waals surface area contributed by atoms with Crippen molar-refractivity contribution in [2.45, 2.75) is 25.8 Å². The lowest BCUT2D eigenvalue weighted by molar-refractivity contribution is 0.0950. The Labute approximate surface area is 139 Å². The fourth-order valence-electron chi connectivity index (χ4n) is 2.12. The minimum Gasteiger partial charge on any atom is -0.349 e. The summed E-state index contributed by atoms with van der Waals surface area (Å²) >= 11 is 6.05. The molecule has 23 heavy (non-hydrogen) atoms. The number of hydrogen-bond donors (Lipinski definition) is 2. The lowest BCUT2D eigenvalue weighted by atomic mass is 10.1. The number of pyridine rings is 1. The highest BCUT2D eigenvalue weighted by Crippen LogP contribution is 2.23. The summed E-state index contributed by atoms with van der Waals surface area (Å²) in [7, 11) is 0. The third kappa shape index (κ3) is 3.68. The molecule has 0 spiro atoms. The maximum absolute atomic E-state index is 12.4. The van der Waals surface area contributed by atoms with Gasteiger partial charge < -0.3 is 10.6 Å². The molecular formula is C17H16ClN3O2. The molecule has 1 fully saturated rings. The average Bonchev–Trinajstić information content (AvgIpc) is 3.36. The molecule has 2 amide bonds. The van der Waals surface area contributed by atoms with Crippen LogP contribution in [0.25, 0.3) is 0 Å². The molecule has 2 N–H and O–H groups in total. The van der Waals surface area contributed by atoms with Crippen molar-refractivity contribution in [2.75, 3.05) is 5.32 Å². The lowest BCUT2D eigenvalue weighted by Gasteiger charge is -2.10. The third-order valence-corrected chi connectivity index (χ3v) is 4.10. The first kappa shape index (κ1) is 15.5. The minimum atomic E-state index is -0.330. The van der Waals surface area contributed by atoms with Crippen molar-refractivity contribution in [1.82, 2.24) is 10.3 Å². The van der Waals surface area contributed by atoms with Crippen LogP contribution in [0.5, 0.6) is 0 Å². The molecule has 0 aliphatic heterocycles. The van der Waals surface area contributed by atoms with E-state index >= 15 is 0 Å². The maximum Gasteiger partial charge on any atom is 0.257 e. The summed E-state index contributed by atoms with van der Waals surface area (Å²) < 4.78 is 0. The molecule has 0 radical (unpaired) electrons. The van der Waals surface area contributed by atoms with E-state index in [1.807, 2.05) is 6.92 Å². The van der Waals surface area contributed by atoms with E-state index in [1.54, 1.807) is 24.3 Å². The summed E-state index contributed by atoms with van der Waals surface area (Å²) in [5.74, 6) is -0.530. The fraction of sp³-hybridized carbons (Fsp3) is 0.235. The van der Waals surface area contributed by atoms with Crippen LogP contribution in [0.1, 0.15) is 39.1 Å². The average molecular weight is 330 g/mol. The van der Waals surface area contributed by atoms with Crippen molar-refractivity contribution < 1.29 is 9.59 Å². The van der Waals surface area contributed by atoms with Gasteiger partial charge in [-0.15, -0.1) is 0 Å². The Balaban J connectivity index is 1.76. The zero-order valence-electron chi connectivity index (χ0n) is 12.6. The van der Waals surface area contributed by atoms with Gasteiger partial charge in [0.25, 0.3) is 11.8 Å². The summed E-state index contributed by atoms with van der Waals surface area (Å²) in [6, 6.07) is 7.10. The van der Waals surface area contributed by atoms with Gasteiger partial charge in [-0.1, -0.05) is 17.7 Å². The van der Waals surface area contributed by atoms with Crippen LogP contribution in [0.3, 0.4) is 0 Å². The quantitative estimate of drug-likeness (QED) is 0.905. The van der Waals surface area contributed by atoms with Gasteiger partial charge in [0, 0.05) is 29.1 Å². The van der Waals surface area contributed by atoms with E-state index < -0.39 is 0 Å². The van der Waals surface area contributed by atoms with E-state index in [9.17, 15) is 9.59 Å². The van der Waals surface area contributed by atoms with E-state index in [1.165, 1.54) is 12.4 Å². The summed E-state index contributed by atoms with van der Waals surface area (Å²) in [5.41, 5.74) is 2.13. The molecule has 1 aliphatic carbocycles. The summed E-state index contributed by atoms with van der Waals surface area (Å²) in [6.45, 7) is 1.83. The molecule has 1 aromatic carbocycles. The second-order valence-electron chi connectivity index (χ2n) is 5.58. The van der Waals surface area contributed by atoms with Crippen LogP contribution in [0, 0.1) is 6.92 Å². The second kappa shape index (κ2) is 6.38. The predicted molar refractivity (Wildman–Crippen MR) is 88.9 cm³/mol. The predicted octanol–water partition coefficient (Wildman–Crippen LogP) is 3.19. The Morgan fingerprint density at radius 3 is 2.57 bits per heavy atom. The molecule has 0 atom stereocenters. The van der Waals surface area contributed by atoms with Gasteiger partial charge in [0.1, 0.15) is 0 Å². The van der Waals surface area contributed by atoms with Gasteiger partial charge in [-0.25, -0.2) is 0 Å². The van der Waals surface area contributed by atoms with Gasteiger partial charge in [-0.05, 0) is 43.5 Å². The fourth-order valence-corrected chi connectivity index (χ4v) is 2.30. The van der Waals surface area contributed by atoms with Crippen LogP contribution in [-0.2, 0) is 0 Å². The SMILES string of the molecule is Cc1c(Cl)cccc1NC(=O)c1cncc(C(=O)NC2CC2)c1. The number of carbonyl (C=O) groups is 2. The molecule has 0 unspecified atom stereocenters. The van der Waals surface area contributed by atoms with Gasteiger partial charge in [0.2, 0.25) is 0 Å². The van der Waals surface area contributed by atoms with Gasteiger partial charge >= 0.3 is 0 Å². The Bertz CT molecular complexity index is 772. The number of halogens is 1. The number of carbonyl (C=O) groups excluding carboxylic acids is 2. The number of nitrogens with one attached hydrogen (secondary N) is 2. The van der Waals surface area contributed by atoms with E-state index in [-0.39, 0.29) is 17.9 Å². The normalized spacial score (nSPS) is 13.5. The summed E-state index contributed by atoms with van der Waals surface area (Å²) in [6.07, 6.45) is 4.91. The number of anilines is 1. The number of rotatable bonds is 4. The maximum atomic E-state index is 12.4. The number of aromatic nitrogens is 1. The van der Waals surface area contributed by atoms with Crippen LogP contribution in [-0.4, -0.2) is 22.8 Å². The van der Waals surface area contributed by atoms with Gasteiger partial charge in [-0.2, -0.15) is 0 Å². The van der Waals surface area contributed by atoms with Crippen molar-refractivity contribution in [1.29, 1.82) is 0 Å². The van der Waals surface area contributed by atoms with Gasteiger partial charge in [-0.3, -0.25) is 14.6 Å². The molecule has 118 valence electrons. The topological polar surface area (TPSA) is 71.1 Å². The smallest absolute Gasteiger partial charge is 0.257 e. The zero-order chi connectivity index (χ0) is 16.4. The summed E-state index contributed by atoms with van der Waals surface area (Å²) in [5, 5.41) is 6.25. The Morgan fingerprint density at radius 2 is 1.87 bits per heavy atom. The minimum absolute atomic E-state index is 0.200. The first-order valence-electron chi connectivity index (χ1n) is 7.37. The highest BCUT2D eigenvalue weighted by atomic mass is 35.5. The molecule has 0 bridgehead atoms. The molecule has 1 aromatic heterocycles. The highest BCUT2D eigenvalue weighted by Gasteiger charge is 2.24. The summed E-state index contributed by atoms with van der Waals surface area (Å²) in [4.78, 5) is 28.4.